The van der Waals surface area contributed by atoms with Crippen molar-refractivity contribution in [3.8, 4) is 5.75 Å². The van der Waals surface area contributed by atoms with Crippen molar-refractivity contribution in [3.05, 3.63) is 52.3 Å². The lowest BCUT2D eigenvalue weighted by Crippen LogP contribution is -2.09. The lowest BCUT2D eigenvalue weighted by atomic mass is 10.1. The number of carbonyl (C=O) groups excluding carboxylic acids is 1. The van der Waals surface area contributed by atoms with Gasteiger partial charge in [0.2, 0.25) is 0 Å². The van der Waals surface area contributed by atoms with E-state index in [2.05, 4.69) is 31.1 Å². The van der Waals surface area contributed by atoms with E-state index in [0.717, 1.165) is 21.1 Å². The van der Waals surface area contributed by atoms with Crippen LogP contribution >= 0.6 is 15.9 Å². The molecule has 0 aliphatic rings. The topological polar surface area (TPSA) is 77.1 Å². The molecule has 0 radical (unpaired) electrons. The monoisotopic (exact) mass is 389 g/mol. The SMILES string of the molecule is CCOC(=O)Cc1ccccc1OCc1n[nH]c2ncc(Br)cc12. The molecule has 0 fully saturated rings. The van der Waals surface area contributed by atoms with Crippen molar-refractivity contribution in [1.29, 1.82) is 0 Å². The van der Waals surface area contributed by atoms with Crippen LogP contribution in [0.1, 0.15) is 18.2 Å². The summed E-state index contributed by atoms with van der Waals surface area (Å²) in [5.74, 6) is 0.372. The van der Waals surface area contributed by atoms with E-state index in [4.69, 9.17) is 9.47 Å². The lowest BCUT2D eigenvalue weighted by Gasteiger charge is -2.10. The number of carbonyl (C=O) groups is 1. The first-order chi connectivity index (χ1) is 11.7. The second-order valence-corrected chi connectivity index (χ2v) is 6.01. The molecule has 3 aromatic rings. The number of para-hydroxylation sites is 1. The van der Waals surface area contributed by atoms with Crippen LogP contribution in [0, 0.1) is 0 Å². The molecule has 6 nitrogen and oxygen atoms in total. The fourth-order valence-corrected chi connectivity index (χ4v) is 2.67. The van der Waals surface area contributed by atoms with Gasteiger partial charge in [0.15, 0.2) is 5.65 Å². The fourth-order valence-electron chi connectivity index (χ4n) is 2.34. The van der Waals surface area contributed by atoms with Crippen molar-refractivity contribution in [2.24, 2.45) is 0 Å². The molecule has 0 atom stereocenters. The van der Waals surface area contributed by atoms with E-state index in [1.54, 1.807) is 13.1 Å². The number of fused-ring (bicyclic) bond motifs is 1. The fraction of sp³-hybridized carbons (Fsp3) is 0.235. The van der Waals surface area contributed by atoms with Crippen molar-refractivity contribution in [1.82, 2.24) is 15.2 Å². The number of nitrogens with one attached hydrogen (secondary N) is 1. The molecule has 0 saturated heterocycles. The molecule has 24 heavy (non-hydrogen) atoms. The van der Waals surface area contributed by atoms with Crippen LogP contribution in [0.4, 0.5) is 0 Å². The van der Waals surface area contributed by atoms with Crippen LogP contribution in [-0.2, 0) is 22.6 Å². The number of esters is 1. The zero-order chi connectivity index (χ0) is 16.9. The summed E-state index contributed by atoms with van der Waals surface area (Å²) in [7, 11) is 0. The van der Waals surface area contributed by atoms with Gasteiger partial charge in [-0.3, -0.25) is 9.89 Å². The Morgan fingerprint density at radius 2 is 2.17 bits per heavy atom. The van der Waals surface area contributed by atoms with Crippen molar-refractivity contribution >= 4 is 32.9 Å². The van der Waals surface area contributed by atoms with E-state index >= 15 is 0 Å². The molecule has 0 aliphatic heterocycles. The van der Waals surface area contributed by atoms with Crippen LogP contribution in [-0.4, -0.2) is 27.8 Å². The summed E-state index contributed by atoms with van der Waals surface area (Å²) >= 11 is 3.40. The molecule has 0 saturated carbocycles. The van der Waals surface area contributed by atoms with E-state index in [1.165, 1.54) is 0 Å². The number of ether oxygens (including phenoxy) is 2. The lowest BCUT2D eigenvalue weighted by molar-refractivity contribution is -0.142. The van der Waals surface area contributed by atoms with Gasteiger partial charge < -0.3 is 9.47 Å². The Balaban J connectivity index is 1.76. The Labute approximate surface area is 147 Å². The molecule has 2 aromatic heterocycles. The maximum Gasteiger partial charge on any atom is 0.310 e. The summed E-state index contributed by atoms with van der Waals surface area (Å²) in [5, 5.41) is 8.02. The summed E-state index contributed by atoms with van der Waals surface area (Å²) in [4.78, 5) is 16.0. The third-order valence-electron chi connectivity index (χ3n) is 3.44. The van der Waals surface area contributed by atoms with E-state index in [1.807, 2.05) is 30.3 Å². The third-order valence-corrected chi connectivity index (χ3v) is 3.87. The Bertz CT molecular complexity index is 863. The van der Waals surface area contributed by atoms with Gasteiger partial charge in [-0.15, -0.1) is 0 Å². The first-order valence-corrected chi connectivity index (χ1v) is 8.31. The maximum absolute atomic E-state index is 11.7. The molecule has 0 spiro atoms. The molecule has 1 N–H and O–H groups in total. The van der Waals surface area contributed by atoms with Gasteiger partial charge in [-0.2, -0.15) is 5.10 Å². The number of hydrogen-bond donors (Lipinski definition) is 1. The van der Waals surface area contributed by atoms with Gasteiger partial charge in [-0.1, -0.05) is 18.2 Å². The van der Waals surface area contributed by atoms with Crippen LogP contribution in [0.25, 0.3) is 11.0 Å². The average molecular weight is 390 g/mol. The van der Waals surface area contributed by atoms with Gasteiger partial charge in [-0.25, -0.2) is 4.98 Å². The molecule has 1 aromatic carbocycles. The highest BCUT2D eigenvalue weighted by Gasteiger charge is 2.12. The van der Waals surface area contributed by atoms with Gasteiger partial charge in [0.05, 0.1) is 13.0 Å². The number of nitrogens with zero attached hydrogens (tertiary/aromatic N) is 2. The normalized spacial score (nSPS) is 10.8. The summed E-state index contributed by atoms with van der Waals surface area (Å²) < 4.78 is 11.7. The van der Waals surface area contributed by atoms with Gasteiger partial charge in [0.25, 0.3) is 0 Å². The molecule has 0 unspecified atom stereocenters. The highest BCUT2D eigenvalue weighted by Crippen LogP contribution is 2.23. The minimum atomic E-state index is -0.271. The molecule has 0 aliphatic carbocycles. The number of rotatable bonds is 6. The summed E-state index contributed by atoms with van der Waals surface area (Å²) in [6.45, 7) is 2.43. The van der Waals surface area contributed by atoms with Crippen molar-refractivity contribution < 1.29 is 14.3 Å². The molecule has 124 valence electrons. The predicted octanol–water partition coefficient (Wildman–Crippen LogP) is 3.41. The van der Waals surface area contributed by atoms with Crippen molar-refractivity contribution in [3.63, 3.8) is 0 Å². The van der Waals surface area contributed by atoms with Crippen LogP contribution in [0.3, 0.4) is 0 Å². The molecule has 2 heterocycles. The van der Waals surface area contributed by atoms with Crippen LogP contribution in [0.15, 0.2) is 41.0 Å². The number of halogens is 1. The Morgan fingerprint density at radius 1 is 1.33 bits per heavy atom. The summed E-state index contributed by atoms with van der Waals surface area (Å²) in [5.41, 5.74) is 2.25. The zero-order valence-corrected chi connectivity index (χ0v) is 14.7. The number of H-pyrrole nitrogens is 1. The van der Waals surface area contributed by atoms with E-state index < -0.39 is 0 Å². The van der Waals surface area contributed by atoms with Crippen LogP contribution < -0.4 is 4.74 Å². The van der Waals surface area contributed by atoms with Gasteiger partial charge >= 0.3 is 5.97 Å². The molecule has 7 heteroatoms. The molecular formula is C17H16BrN3O3. The zero-order valence-electron chi connectivity index (χ0n) is 13.1. The highest BCUT2D eigenvalue weighted by atomic mass is 79.9. The molecule has 0 bridgehead atoms. The molecule has 0 amide bonds. The largest absolute Gasteiger partial charge is 0.487 e. The van der Waals surface area contributed by atoms with Crippen LogP contribution in [0.5, 0.6) is 5.75 Å². The first kappa shape index (κ1) is 16.4. The van der Waals surface area contributed by atoms with Crippen LogP contribution in [0.2, 0.25) is 0 Å². The standard InChI is InChI=1S/C17H16BrN3O3/c1-2-23-16(22)7-11-5-3-4-6-15(11)24-10-14-13-8-12(18)9-19-17(13)21-20-14/h3-6,8-9H,2,7,10H2,1H3,(H,19,20,21). The Hall–Kier alpha value is -2.41. The number of hydrogen-bond acceptors (Lipinski definition) is 5. The van der Waals surface area contributed by atoms with Gasteiger partial charge in [0.1, 0.15) is 18.1 Å². The Kier molecular flexibility index (Phi) is 5.10. The van der Waals surface area contributed by atoms with E-state index in [-0.39, 0.29) is 19.0 Å². The number of benzene rings is 1. The third kappa shape index (κ3) is 3.73. The van der Waals surface area contributed by atoms with Crippen molar-refractivity contribution in [2.45, 2.75) is 20.0 Å². The van der Waals surface area contributed by atoms with Gasteiger partial charge in [0, 0.05) is 21.6 Å². The first-order valence-electron chi connectivity index (χ1n) is 7.52. The van der Waals surface area contributed by atoms with Gasteiger partial charge in [-0.05, 0) is 35.0 Å². The average Bonchev–Trinajstić information content (AvgIpc) is 2.96. The highest BCUT2D eigenvalue weighted by molar-refractivity contribution is 9.10. The second-order valence-electron chi connectivity index (χ2n) is 5.10. The Morgan fingerprint density at radius 3 is 3.00 bits per heavy atom. The van der Waals surface area contributed by atoms with E-state index in [0.29, 0.717) is 18.0 Å². The predicted molar refractivity (Wildman–Crippen MR) is 92.7 cm³/mol. The van der Waals surface area contributed by atoms with Crippen molar-refractivity contribution in [2.75, 3.05) is 6.61 Å². The number of pyridine rings is 1. The summed E-state index contributed by atoms with van der Waals surface area (Å²) in [6, 6.07) is 9.36. The van der Waals surface area contributed by atoms with E-state index in [9.17, 15) is 4.79 Å². The minimum Gasteiger partial charge on any atom is -0.487 e. The number of aromatic nitrogens is 3. The number of aromatic amines is 1. The maximum atomic E-state index is 11.7. The molecule has 3 rings (SSSR count). The minimum absolute atomic E-state index is 0.179. The summed E-state index contributed by atoms with van der Waals surface area (Å²) in [6.07, 6.45) is 1.89. The quantitative estimate of drug-likeness (QED) is 0.653. The molecular weight excluding hydrogens is 374 g/mol. The smallest absolute Gasteiger partial charge is 0.310 e. The second kappa shape index (κ2) is 7.44.